The molecule has 0 radical (unpaired) electrons. The van der Waals surface area contributed by atoms with Crippen molar-refractivity contribution in [1.82, 2.24) is 19.6 Å². The fourth-order valence-corrected chi connectivity index (χ4v) is 4.81. The number of aromatic nitrogens is 4. The Labute approximate surface area is 208 Å². The average molecular weight is 493 g/mol. The smallest absolute Gasteiger partial charge is 0.229 e. The highest BCUT2D eigenvalue weighted by molar-refractivity contribution is 5.66. The van der Waals surface area contributed by atoms with Crippen molar-refractivity contribution < 1.29 is 13.5 Å². The number of hydrogen-bond acceptors (Lipinski definition) is 6. The standard InChI is InChI=1S/C27H30F2N6O/c1-16(2)36-15-17-10-22(28)26(23(29)11-17)24-7-6-20-13-32-27(35(20)34-24)33-25-14-31-9-8-21(25)18-4-3-5-19(30)12-18/h6-11,13-14,16,18-19H,3-5,12,15,30H2,1-2H3,(H,32,33). The monoisotopic (exact) mass is 492 g/mol. The molecule has 4 aromatic rings. The van der Waals surface area contributed by atoms with Crippen molar-refractivity contribution in [3.05, 3.63) is 71.7 Å². The maximum absolute atomic E-state index is 15.0. The van der Waals surface area contributed by atoms with E-state index in [0.29, 0.717) is 22.9 Å². The van der Waals surface area contributed by atoms with E-state index < -0.39 is 11.6 Å². The van der Waals surface area contributed by atoms with Crippen LogP contribution < -0.4 is 11.1 Å². The molecule has 0 bridgehead atoms. The summed E-state index contributed by atoms with van der Waals surface area (Å²) in [5.74, 6) is -0.622. The van der Waals surface area contributed by atoms with Gasteiger partial charge in [0.25, 0.3) is 0 Å². The molecule has 1 aliphatic rings. The number of hydrogen-bond donors (Lipinski definition) is 2. The number of rotatable bonds is 7. The summed E-state index contributed by atoms with van der Waals surface area (Å²) in [6.45, 7) is 3.87. The summed E-state index contributed by atoms with van der Waals surface area (Å²) in [6, 6.07) is 8.10. The zero-order valence-corrected chi connectivity index (χ0v) is 20.4. The van der Waals surface area contributed by atoms with Crippen LogP contribution in [-0.4, -0.2) is 31.7 Å². The van der Waals surface area contributed by atoms with E-state index in [1.54, 1.807) is 35.2 Å². The second kappa shape index (κ2) is 10.3. The van der Waals surface area contributed by atoms with Gasteiger partial charge in [0.1, 0.15) is 11.6 Å². The molecular formula is C27H30F2N6O. The van der Waals surface area contributed by atoms with Crippen LogP contribution in [-0.2, 0) is 11.3 Å². The Hall–Kier alpha value is -3.43. The van der Waals surface area contributed by atoms with Crippen LogP contribution in [0.3, 0.4) is 0 Å². The van der Waals surface area contributed by atoms with E-state index in [4.69, 9.17) is 10.5 Å². The van der Waals surface area contributed by atoms with Crippen LogP contribution in [0.25, 0.3) is 16.8 Å². The molecule has 3 N–H and O–H groups in total. The molecule has 36 heavy (non-hydrogen) atoms. The molecule has 3 aromatic heterocycles. The molecule has 1 aliphatic carbocycles. The lowest BCUT2D eigenvalue weighted by Crippen LogP contribution is -2.27. The van der Waals surface area contributed by atoms with Crippen molar-refractivity contribution in [2.75, 3.05) is 5.32 Å². The first-order chi connectivity index (χ1) is 17.4. The van der Waals surface area contributed by atoms with Crippen molar-refractivity contribution in [2.24, 2.45) is 5.73 Å². The number of imidazole rings is 1. The zero-order chi connectivity index (χ0) is 25.2. The van der Waals surface area contributed by atoms with Gasteiger partial charge in [-0.1, -0.05) is 6.42 Å². The lowest BCUT2D eigenvalue weighted by Gasteiger charge is -2.28. The third kappa shape index (κ3) is 5.08. The molecule has 0 amide bonds. The highest BCUT2D eigenvalue weighted by Gasteiger charge is 2.24. The van der Waals surface area contributed by atoms with E-state index in [2.05, 4.69) is 20.4 Å². The summed E-state index contributed by atoms with van der Waals surface area (Å²) in [4.78, 5) is 8.74. The molecule has 188 valence electrons. The molecule has 9 heteroatoms. The van der Waals surface area contributed by atoms with Gasteiger partial charge in [-0.3, -0.25) is 4.98 Å². The first-order valence-corrected chi connectivity index (χ1v) is 12.3. The molecule has 0 spiro atoms. The van der Waals surface area contributed by atoms with Crippen molar-refractivity contribution in [2.45, 2.75) is 64.2 Å². The lowest BCUT2D eigenvalue weighted by molar-refractivity contribution is 0.0654. The van der Waals surface area contributed by atoms with Crippen LogP contribution in [0.4, 0.5) is 20.4 Å². The minimum Gasteiger partial charge on any atom is -0.374 e. The van der Waals surface area contributed by atoms with Gasteiger partial charge < -0.3 is 15.8 Å². The highest BCUT2D eigenvalue weighted by atomic mass is 19.1. The number of nitrogens with zero attached hydrogens (tertiary/aromatic N) is 4. The van der Waals surface area contributed by atoms with Gasteiger partial charge >= 0.3 is 0 Å². The molecular weight excluding hydrogens is 462 g/mol. The molecule has 1 saturated carbocycles. The van der Waals surface area contributed by atoms with E-state index >= 15 is 0 Å². The van der Waals surface area contributed by atoms with Gasteiger partial charge in [0.2, 0.25) is 5.95 Å². The van der Waals surface area contributed by atoms with Crippen molar-refractivity contribution in [1.29, 1.82) is 0 Å². The Morgan fingerprint density at radius 1 is 1.14 bits per heavy atom. The van der Waals surface area contributed by atoms with E-state index in [1.807, 2.05) is 19.9 Å². The SMILES string of the molecule is CC(C)OCc1cc(F)c(-c2ccc3cnc(Nc4cnccc4C4CCCC(N)C4)n3n2)c(F)c1. The average Bonchev–Trinajstić information content (AvgIpc) is 3.25. The lowest BCUT2D eigenvalue weighted by atomic mass is 9.81. The van der Waals surface area contributed by atoms with Crippen LogP contribution in [0.5, 0.6) is 0 Å². The van der Waals surface area contributed by atoms with Crippen LogP contribution in [0, 0.1) is 11.6 Å². The van der Waals surface area contributed by atoms with Crippen molar-refractivity contribution in [3.8, 4) is 11.3 Å². The third-order valence-corrected chi connectivity index (χ3v) is 6.58. The van der Waals surface area contributed by atoms with Crippen molar-refractivity contribution in [3.63, 3.8) is 0 Å². The first kappa shape index (κ1) is 24.3. The van der Waals surface area contributed by atoms with Crippen LogP contribution in [0.2, 0.25) is 0 Å². The van der Waals surface area contributed by atoms with E-state index in [1.165, 1.54) is 12.1 Å². The Morgan fingerprint density at radius 2 is 1.94 bits per heavy atom. The van der Waals surface area contributed by atoms with Crippen LogP contribution >= 0.6 is 0 Å². The Bertz CT molecular complexity index is 1350. The number of anilines is 2. The molecule has 1 aromatic carbocycles. The normalized spacial score (nSPS) is 18.2. The predicted octanol–water partition coefficient (Wildman–Crippen LogP) is 5.72. The molecule has 0 saturated heterocycles. The topological polar surface area (TPSA) is 90.4 Å². The summed E-state index contributed by atoms with van der Waals surface area (Å²) in [6.07, 6.45) is 9.27. The second-order valence-corrected chi connectivity index (χ2v) is 9.64. The molecule has 2 atom stereocenters. The van der Waals surface area contributed by atoms with Gasteiger partial charge in [-0.05, 0) is 80.5 Å². The highest BCUT2D eigenvalue weighted by Crippen LogP contribution is 2.36. The minimum atomic E-state index is -0.693. The Morgan fingerprint density at radius 3 is 2.69 bits per heavy atom. The Balaban J connectivity index is 1.47. The maximum atomic E-state index is 15.0. The molecule has 0 aliphatic heterocycles. The van der Waals surface area contributed by atoms with E-state index in [0.717, 1.165) is 36.9 Å². The van der Waals surface area contributed by atoms with Crippen LogP contribution in [0.15, 0.2) is 48.9 Å². The predicted molar refractivity (Wildman–Crippen MR) is 135 cm³/mol. The fourth-order valence-electron chi connectivity index (χ4n) is 4.81. The summed E-state index contributed by atoms with van der Waals surface area (Å²) in [7, 11) is 0. The van der Waals surface area contributed by atoms with Gasteiger partial charge in [0.05, 0.1) is 47.6 Å². The fraction of sp³-hybridized carbons (Fsp3) is 0.370. The number of ether oxygens (including phenoxy) is 1. The number of nitrogens with one attached hydrogen (secondary N) is 1. The number of fused-ring (bicyclic) bond motifs is 1. The van der Waals surface area contributed by atoms with E-state index in [9.17, 15) is 8.78 Å². The quantitative estimate of drug-likeness (QED) is 0.343. The summed E-state index contributed by atoms with van der Waals surface area (Å²) in [5, 5.41) is 7.86. The zero-order valence-electron chi connectivity index (χ0n) is 20.4. The molecule has 3 heterocycles. The summed E-state index contributed by atoms with van der Waals surface area (Å²) < 4.78 is 37.0. The minimum absolute atomic E-state index is 0.0396. The summed E-state index contributed by atoms with van der Waals surface area (Å²) in [5.41, 5.74) is 9.27. The third-order valence-electron chi connectivity index (χ3n) is 6.58. The first-order valence-electron chi connectivity index (χ1n) is 12.3. The number of benzene rings is 1. The molecule has 5 rings (SSSR count). The van der Waals surface area contributed by atoms with E-state index in [-0.39, 0.29) is 30.0 Å². The number of halogens is 2. The number of pyridine rings is 1. The van der Waals surface area contributed by atoms with Gasteiger partial charge in [-0.2, -0.15) is 9.61 Å². The van der Waals surface area contributed by atoms with Crippen molar-refractivity contribution >= 4 is 17.2 Å². The Kier molecular flexibility index (Phi) is 6.93. The van der Waals surface area contributed by atoms with Gasteiger partial charge in [-0.15, -0.1) is 0 Å². The maximum Gasteiger partial charge on any atom is 0.229 e. The molecule has 2 unspecified atom stereocenters. The van der Waals surface area contributed by atoms with Crippen LogP contribution in [0.1, 0.15) is 56.6 Å². The molecule has 1 fully saturated rings. The molecule has 7 nitrogen and oxygen atoms in total. The number of nitrogens with two attached hydrogens (primary N) is 1. The van der Waals surface area contributed by atoms with Gasteiger partial charge in [0.15, 0.2) is 0 Å². The second-order valence-electron chi connectivity index (χ2n) is 9.64. The van der Waals surface area contributed by atoms with Gasteiger partial charge in [0, 0.05) is 12.2 Å². The largest absolute Gasteiger partial charge is 0.374 e. The summed E-state index contributed by atoms with van der Waals surface area (Å²) >= 11 is 0. The van der Waals surface area contributed by atoms with Gasteiger partial charge in [-0.25, -0.2) is 13.8 Å².